The molecule has 0 heterocycles. The van der Waals surface area contributed by atoms with E-state index in [-0.39, 0.29) is 12.2 Å². The second kappa shape index (κ2) is 5.90. The quantitative estimate of drug-likeness (QED) is 0.537. The predicted octanol–water partition coefficient (Wildman–Crippen LogP) is 5.24. The molecule has 0 saturated heterocycles. The van der Waals surface area contributed by atoms with Crippen LogP contribution in [0.2, 0.25) is 0 Å². The summed E-state index contributed by atoms with van der Waals surface area (Å²) in [7, 11) is 0. The lowest BCUT2D eigenvalue weighted by Gasteiger charge is -2.27. The molecule has 0 saturated carbocycles. The number of ketones is 1. The van der Waals surface area contributed by atoms with Gasteiger partial charge in [0.05, 0.1) is 0 Å². The number of benzene rings is 4. The van der Waals surface area contributed by atoms with E-state index in [0.29, 0.717) is 5.57 Å². The van der Waals surface area contributed by atoms with Gasteiger partial charge in [0.25, 0.3) is 0 Å². The highest BCUT2D eigenvalue weighted by atomic mass is 16.3. The highest BCUT2D eigenvalue weighted by molar-refractivity contribution is 6.06. The third kappa shape index (κ3) is 2.57. The number of hydrogen-bond donors (Lipinski definition) is 1. The largest absolute Gasteiger partial charge is 0.380 e. The molecule has 27 heavy (non-hydrogen) atoms. The van der Waals surface area contributed by atoms with Crippen LogP contribution in [0.3, 0.4) is 0 Å². The molecule has 130 valence electrons. The van der Waals surface area contributed by atoms with Gasteiger partial charge in [-0.1, -0.05) is 72.8 Å². The van der Waals surface area contributed by atoms with E-state index in [4.69, 9.17) is 0 Å². The van der Waals surface area contributed by atoms with Crippen molar-refractivity contribution in [3.63, 3.8) is 0 Å². The minimum Gasteiger partial charge on any atom is -0.380 e. The Labute approximate surface area is 157 Å². The Balaban J connectivity index is 1.67. The Hall–Kier alpha value is -3.23. The number of allylic oxidation sites excluding steroid dienone is 1. The lowest BCUT2D eigenvalue weighted by molar-refractivity contribution is -0.116. The van der Waals surface area contributed by atoms with Crippen molar-refractivity contribution >= 4 is 32.9 Å². The summed E-state index contributed by atoms with van der Waals surface area (Å²) >= 11 is 0. The molecule has 2 heteroatoms. The van der Waals surface area contributed by atoms with Gasteiger partial charge in [-0.3, -0.25) is 4.79 Å². The van der Waals surface area contributed by atoms with Crippen LogP contribution in [0, 0.1) is 0 Å². The molecular formula is C25H18O2. The maximum absolute atomic E-state index is 12.3. The van der Waals surface area contributed by atoms with E-state index in [2.05, 4.69) is 6.07 Å². The zero-order valence-corrected chi connectivity index (χ0v) is 14.7. The van der Waals surface area contributed by atoms with Crippen LogP contribution in [-0.4, -0.2) is 10.9 Å². The summed E-state index contributed by atoms with van der Waals surface area (Å²) < 4.78 is 0. The molecule has 1 N–H and O–H groups in total. The van der Waals surface area contributed by atoms with Gasteiger partial charge < -0.3 is 5.11 Å². The fourth-order valence-corrected chi connectivity index (χ4v) is 4.06. The number of carbonyl (C=O) groups excluding carboxylic acids is 1. The second-order valence-electron chi connectivity index (χ2n) is 7.19. The van der Waals surface area contributed by atoms with E-state index in [0.717, 1.165) is 32.7 Å². The molecule has 2 nitrogen and oxygen atoms in total. The van der Waals surface area contributed by atoms with E-state index in [1.807, 2.05) is 78.9 Å². The van der Waals surface area contributed by atoms with Gasteiger partial charge in [0.1, 0.15) is 5.60 Å². The van der Waals surface area contributed by atoms with Crippen LogP contribution in [0.4, 0.5) is 0 Å². The van der Waals surface area contributed by atoms with E-state index in [9.17, 15) is 9.90 Å². The van der Waals surface area contributed by atoms with Gasteiger partial charge in [0, 0.05) is 6.42 Å². The summed E-state index contributed by atoms with van der Waals surface area (Å²) in [6.45, 7) is 0. The summed E-state index contributed by atoms with van der Waals surface area (Å²) in [5, 5.41) is 16.0. The van der Waals surface area contributed by atoms with Crippen LogP contribution in [0.5, 0.6) is 0 Å². The van der Waals surface area contributed by atoms with Crippen molar-refractivity contribution in [3.05, 3.63) is 102 Å². The van der Waals surface area contributed by atoms with Crippen LogP contribution in [0.1, 0.15) is 17.5 Å². The molecule has 1 aliphatic carbocycles. The van der Waals surface area contributed by atoms with Gasteiger partial charge in [0.2, 0.25) is 0 Å². The van der Waals surface area contributed by atoms with Gasteiger partial charge in [-0.05, 0) is 56.5 Å². The van der Waals surface area contributed by atoms with Gasteiger partial charge in [-0.15, -0.1) is 0 Å². The van der Waals surface area contributed by atoms with Crippen LogP contribution in [0.25, 0.3) is 27.1 Å². The minimum atomic E-state index is -1.30. The maximum atomic E-state index is 12.3. The predicted molar refractivity (Wildman–Crippen MR) is 109 cm³/mol. The molecule has 1 aliphatic rings. The average molecular weight is 350 g/mol. The number of hydrogen-bond acceptors (Lipinski definition) is 2. The number of rotatable bonds is 2. The molecule has 4 aromatic carbocycles. The molecular weight excluding hydrogens is 332 g/mol. The van der Waals surface area contributed by atoms with Gasteiger partial charge in [0.15, 0.2) is 5.78 Å². The fraction of sp³-hybridized carbons (Fsp3) is 0.0800. The number of carbonyl (C=O) groups is 1. The molecule has 5 rings (SSSR count). The molecule has 0 fully saturated rings. The lowest BCUT2D eigenvalue weighted by atomic mass is 9.82. The highest BCUT2D eigenvalue weighted by Crippen LogP contribution is 2.44. The number of fused-ring (bicyclic) bond motifs is 2. The zero-order valence-electron chi connectivity index (χ0n) is 14.7. The first-order valence-corrected chi connectivity index (χ1v) is 9.09. The Morgan fingerprint density at radius 1 is 0.704 bits per heavy atom. The van der Waals surface area contributed by atoms with Crippen LogP contribution in [-0.2, 0) is 10.4 Å². The van der Waals surface area contributed by atoms with E-state index in [1.54, 1.807) is 6.08 Å². The summed E-state index contributed by atoms with van der Waals surface area (Å²) in [5.74, 6) is -0.0474. The molecule has 0 radical (unpaired) electrons. The van der Waals surface area contributed by atoms with Gasteiger partial charge >= 0.3 is 0 Å². The maximum Gasteiger partial charge on any atom is 0.159 e. The summed E-state index contributed by atoms with van der Waals surface area (Å²) in [4.78, 5) is 12.3. The first kappa shape index (κ1) is 16.0. The third-order valence-corrected chi connectivity index (χ3v) is 5.47. The molecule has 0 spiro atoms. The first-order chi connectivity index (χ1) is 13.1. The first-order valence-electron chi connectivity index (χ1n) is 9.09. The summed E-state index contributed by atoms with van der Waals surface area (Å²) in [6.07, 6.45) is 1.67. The third-order valence-electron chi connectivity index (χ3n) is 5.47. The smallest absolute Gasteiger partial charge is 0.159 e. The number of aliphatic hydroxyl groups is 1. The summed E-state index contributed by atoms with van der Waals surface area (Å²) in [6, 6.07) is 28.1. The topological polar surface area (TPSA) is 37.3 Å². The van der Waals surface area contributed by atoms with Crippen molar-refractivity contribution in [2.24, 2.45) is 0 Å². The standard InChI is InChI=1S/C25H18O2/c26-23-15-24(21-10-9-17-5-1-3-7-19(17)13-21)25(27,16-23)22-12-11-18-6-2-4-8-20(18)14-22/h1-15,27H,16H2. The molecule has 0 amide bonds. The van der Waals surface area contributed by atoms with Crippen LogP contribution < -0.4 is 0 Å². The fourth-order valence-electron chi connectivity index (χ4n) is 4.06. The molecule has 1 unspecified atom stereocenters. The molecule has 0 bridgehead atoms. The van der Waals surface area contributed by atoms with E-state index >= 15 is 0 Å². The van der Waals surface area contributed by atoms with Crippen LogP contribution in [0.15, 0.2) is 91.0 Å². The molecule has 0 aliphatic heterocycles. The van der Waals surface area contributed by atoms with Crippen molar-refractivity contribution in [2.75, 3.05) is 0 Å². The average Bonchev–Trinajstić information content (AvgIpc) is 3.02. The highest BCUT2D eigenvalue weighted by Gasteiger charge is 2.41. The minimum absolute atomic E-state index is 0.0474. The van der Waals surface area contributed by atoms with Crippen molar-refractivity contribution in [2.45, 2.75) is 12.0 Å². The SMILES string of the molecule is O=C1C=C(c2ccc3ccccc3c2)C(O)(c2ccc3ccccc3c2)C1. The Kier molecular flexibility index (Phi) is 3.49. The Morgan fingerprint density at radius 3 is 2.00 bits per heavy atom. The van der Waals surface area contributed by atoms with E-state index in [1.165, 1.54) is 0 Å². The van der Waals surface area contributed by atoms with Crippen molar-refractivity contribution in [3.8, 4) is 0 Å². The van der Waals surface area contributed by atoms with Gasteiger partial charge in [-0.25, -0.2) is 0 Å². The van der Waals surface area contributed by atoms with Gasteiger partial charge in [-0.2, -0.15) is 0 Å². The normalized spacial score (nSPS) is 19.6. The van der Waals surface area contributed by atoms with E-state index < -0.39 is 5.60 Å². The Bertz CT molecular complexity index is 1240. The lowest BCUT2D eigenvalue weighted by Crippen LogP contribution is -2.25. The Morgan fingerprint density at radius 2 is 1.30 bits per heavy atom. The monoisotopic (exact) mass is 350 g/mol. The zero-order chi connectivity index (χ0) is 18.4. The molecule has 4 aromatic rings. The van der Waals surface area contributed by atoms with Crippen LogP contribution >= 0.6 is 0 Å². The second-order valence-corrected chi connectivity index (χ2v) is 7.19. The van der Waals surface area contributed by atoms with Crippen molar-refractivity contribution in [1.29, 1.82) is 0 Å². The molecule has 0 aromatic heterocycles. The molecule has 1 atom stereocenters. The van der Waals surface area contributed by atoms with Crippen molar-refractivity contribution < 1.29 is 9.90 Å². The summed E-state index contributed by atoms with van der Waals surface area (Å²) in [5.41, 5.74) is 1.01. The van der Waals surface area contributed by atoms with Crippen molar-refractivity contribution in [1.82, 2.24) is 0 Å².